The van der Waals surface area contributed by atoms with Crippen molar-refractivity contribution in [3.05, 3.63) is 71.8 Å². The molecule has 1 N–H and O–H groups in total. The molecule has 0 aromatic heterocycles. The lowest BCUT2D eigenvalue weighted by molar-refractivity contribution is -0.175. The fourth-order valence-electron chi connectivity index (χ4n) is 3.80. The second-order valence-electron chi connectivity index (χ2n) is 7.73. The van der Waals surface area contributed by atoms with Gasteiger partial charge in [0.25, 0.3) is 0 Å². The van der Waals surface area contributed by atoms with E-state index < -0.39 is 18.4 Å². The summed E-state index contributed by atoms with van der Waals surface area (Å²) in [7, 11) is 0. The number of carbonyl (C=O) groups is 1. The van der Waals surface area contributed by atoms with E-state index in [1.807, 2.05) is 67.6 Å². The summed E-state index contributed by atoms with van der Waals surface area (Å²) in [6.45, 7) is 6.14. The minimum atomic E-state index is -0.877. The van der Waals surface area contributed by atoms with Crippen molar-refractivity contribution in [3.8, 4) is 0 Å². The molecular formula is C24H29IN2O4. The lowest BCUT2D eigenvalue weighted by Gasteiger charge is -2.42. The quantitative estimate of drug-likeness (QED) is 0.305. The summed E-state index contributed by atoms with van der Waals surface area (Å²) in [4.78, 5) is 19.2. The van der Waals surface area contributed by atoms with Crippen molar-refractivity contribution >= 4 is 35.4 Å². The van der Waals surface area contributed by atoms with Gasteiger partial charge in [0.05, 0.1) is 22.1 Å². The highest BCUT2D eigenvalue weighted by Crippen LogP contribution is 2.30. The Morgan fingerprint density at radius 1 is 1.19 bits per heavy atom. The van der Waals surface area contributed by atoms with Gasteiger partial charge in [-0.05, 0) is 37.6 Å². The average Bonchev–Trinajstić information content (AvgIpc) is 2.80. The van der Waals surface area contributed by atoms with Crippen LogP contribution in [0.4, 0.5) is 4.79 Å². The van der Waals surface area contributed by atoms with E-state index in [4.69, 9.17) is 9.47 Å². The highest BCUT2D eigenvalue weighted by atomic mass is 127. The normalized spacial score (nSPS) is 22.9. The zero-order valence-corrected chi connectivity index (χ0v) is 19.8. The third-order valence-corrected chi connectivity index (χ3v) is 6.75. The molecule has 3 rings (SSSR count). The van der Waals surface area contributed by atoms with Crippen LogP contribution in [0.3, 0.4) is 0 Å². The third kappa shape index (κ3) is 6.51. The Balaban J connectivity index is 1.85. The van der Waals surface area contributed by atoms with E-state index in [9.17, 15) is 9.90 Å². The van der Waals surface area contributed by atoms with Gasteiger partial charge in [0, 0.05) is 6.54 Å². The van der Waals surface area contributed by atoms with Gasteiger partial charge in [-0.15, -0.1) is 0 Å². The number of benzene rings is 2. The van der Waals surface area contributed by atoms with Crippen LogP contribution in [0.5, 0.6) is 0 Å². The zero-order valence-electron chi connectivity index (χ0n) is 17.6. The topological polar surface area (TPSA) is 71.4 Å². The largest absolute Gasteiger partial charge is 0.445 e. The van der Waals surface area contributed by atoms with Crippen molar-refractivity contribution in [2.75, 3.05) is 0 Å². The van der Waals surface area contributed by atoms with Gasteiger partial charge in [0.15, 0.2) is 6.29 Å². The number of halogens is 1. The van der Waals surface area contributed by atoms with Crippen molar-refractivity contribution < 1.29 is 19.4 Å². The first-order chi connectivity index (χ1) is 15.0. The van der Waals surface area contributed by atoms with Crippen LogP contribution in [0.25, 0.3) is 0 Å². The standard InChI is InChI=1S/C24H29IN2O4/c1-17(26-2)22(21-14-13-20(25)23(28)31-21)27(15-18-9-5-3-6-10-18)24(29)30-16-19-11-7-4-8-12-19/h3-12,17,20-23,28H,2,13-16H2,1H3/t17?,20?,21?,22-,23?/m0/s1. The molecule has 0 bridgehead atoms. The minimum absolute atomic E-state index is 0.0223. The first kappa shape index (κ1) is 23.7. The van der Waals surface area contributed by atoms with Crippen LogP contribution in [0.1, 0.15) is 30.9 Å². The summed E-state index contributed by atoms with van der Waals surface area (Å²) in [6, 6.07) is 18.6. The highest BCUT2D eigenvalue weighted by molar-refractivity contribution is 14.1. The first-order valence-corrected chi connectivity index (χ1v) is 11.7. The number of aliphatic hydroxyl groups excluding tert-OH is 1. The molecule has 0 spiro atoms. The molecule has 5 atom stereocenters. The van der Waals surface area contributed by atoms with Crippen molar-refractivity contribution in [1.29, 1.82) is 0 Å². The van der Waals surface area contributed by atoms with E-state index in [2.05, 4.69) is 34.3 Å². The minimum Gasteiger partial charge on any atom is -0.445 e. The molecule has 6 nitrogen and oxygen atoms in total. The molecule has 7 heteroatoms. The van der Waals surface area contributed by atoms with E-state index in [1.54, 1.807) is 4.90 Å². The van der Waals surface area contributed by atoms with Gasteiger partial charge in [0.2, 0.25) is 0 Å². The summed E-state index contributed by atoms with van der Waals surface area (Å²) >= 11 is 2.20. The van der Waals surface area contributed by atoms with Gasteiger partial charge in [-0.1, -0.05) is 83.3 Å². The molecule has 1 aliphatic heterocycles. The number of hydrogen-bond acceptors (Lipinski definition) is 5. The number of alkyl halides is 1. The zero-order chi connectivity index (χ0) is 22.2. The maximum absolute atomic E-state index is 13.3. The van der Waals surface area contributed by atoms with Crippen LogP contribution < -0.4 is 0 Å². The molecule has 1 amide bonds. The van der Waals surface area contributed by atoms with E-state index in [-0.39, 0.29) is 22.7 Å². The van der Waals surface area contributed by atoms with Crippen LogP contribution in [0.15, 0.2) is 65.7 Å². The molecule has 0 aliphatic carbocycles. The Labute approximate surface area is 197 Å². The van der Waals surface area contributed by atoms with Crippen LogP contribution in [-0.4, -0.2) is 51.2 Å². The summed E-state index contributed by atoms with van der Waals surface area (Å²) in [5.74, 6) is 0. The number of amides is 1. The summed E-state index contributed by atoms with van der Waals surface area (Å²) in [5, 5.41) is 10.3. The lowest BCUT2D eigenvalue weighted by Crippen LogP contribution is -2.55. The van der Waals surface area contributed by atoms with E-state index in [0.29, 0.717) is 13.0 Å². The molecule has 2 aromatic carbocycles. The third-order valence-electron chi connectivity index (χ3n) is 5.51. The Bertz CT molecular complexity index is 836. The van der Waals surface area contributed by atoms with Crippen molar-refractivity contribution in [3.63, 3.8) is 0 Å². The van der Waals surface area contributed by atoms with Crippen molar-refractivity contribution in [2.24, 2.45) is 4.99 Å². The van der Waals surface area contributed by atoms with Gasteiger partial charge < -0.3 is 14.6 Å². The first-order valence-electron chi connectivity index (χ1n) is 10.4. The molecule has 1 saturated heterocycles. The van der Waals surface area contributed by atoms with Gasteiger partial charge >= 0.3 is 6.09 Å². The number of aliphatic imine (C=N–C) groups is 1. The predicted octanol–water partition coefficient (Wildman–Crippen LogP) is 4.58. The number of carbonyl (C=O) groups excluding carboxylic acids is 1. The SMILES string of the molecule is C=NC(C)[C@@H](C1CCC(I)C(O)O1)N(Cc1ccccc1)C(=O)OCc1ccccc1. The van der Waals surface area contributed by atoms with Crippen LogP contribution >= 0.6 is 22.6 Å². The number of ether oxygens (including phenoxy) is 2. The average molecular weight is 536 g/mol. The van der Waals surface area contributed by atoms with Crippen LogP contribution in [-0.2, 0) is 22.6 Å². The molecule has 166 valence electrons. The van der Waals surface area contributed by atoms with Gasteiger partial charge in [-0.2, -0.15) is 0 Å². The fourth-order valence-corrected chi connectivity index (χ4v) is 4.33. The fraction of sp³-hybridized carbons (Fsp3) is 0.417. The van der Waals surface area contributed by atoms with Gasteiger partial charge in [0.1, 0.15) is 6.61 Å². The molecule has 1 heterocycles. The summed E-state index contributed by atoms with van der Waals surface area (Å²) in [5.41, 5.74) is 1.89. The smallest absolute Gasteiger partial charge is 0.410 e. The van der Waals surface area contributed by atoms with Crippen LogP contribution in [0.2, 0.25) is 0 Å². The van der Waals surface area contributed by atoms with Gasteiger partial charge in [-0.25, -0.2) is 4.79 Å². The molecule has 0 saturated carbocycles. The lowest BCUT2D eigenvalue weighted by atomic mass is 9.95. The highest BCUT2D eigenvalue weighted by Gasteiger charge is 2.40. The molecule has 1 fully saturated rings. The van der Waals surface area contributed by atoms with Crippen molar-refractivity contribution in [2.45, 2.75) is 61.3 Å². The molecular weight excluding hydrogens is 507 g/mol. The molecule has 1 aliphatic rings. The maximum Gasteiger partial charge on any atom is 0.410 e. The van der Waals surface area contributed by atoms with Crippen LogP contribution in [0, 0.1) is 0 Å². The summed E-state index contributed by atoms with van der Waals surface area (Å²) in [6.07, 6.45) is -0.174. The Morgan fingerprint density at radius 2 is 1.81 bits per heavy atom. The number of aliphatic hydroxyl groups is 1. The number of hydrogen-bond donors (Lipinski definition) is 1. The maximum atomic E-state index is 13.3. The second-order valence-corrected chi connectivity index (χ2v) is 9.33. The number of nitrogens with zero attached hydrogens (tertiary/aromatic N) is 2. The van der Waals surface area contributed by atoms with E-state index in [1.165, 1.54) is 0 Å². The molecule has 2 aromatic rings. The Morgan fingerprint density at radius 3 is 2.39 bits per heavy atom. The summed E-state index contributed by atoms with van der Waals surface area (Å²) < 4.78 is 11.6. The molecule has 31 heavy (non-hydrogen) atoms. The van der Waals surface area contributed by atoms with E-state index in [0.717, 1.165) is 17.5 Å². The van der Waals surface area contributed by atoms with Crippen molar-refractivity contribution in [1.82, 2.24) is 4.90 Å². The monoisotopic (exact) mass is 536 g/mol. The molecule has 4 unspecified atom stereocenters. The Kier molecular flexibility index (Phi) is 8.86. The van der Waals surface area contributed by atoms with Gasteiger partial charge in [-0.3, -0.25) is 9.89 Å². The van der Waals surface area contributed by atoms with E-state index >= 15 is 0 Å². The number of rotatable bonds is 8. The second kappa shape index (κ2) is 11.6. The molecule has 0 radical (unpaired) electrons. The Hall–Kier alpha value is -1.97. The predicted molar refractivity (Wildman–Crippen MR) is 129 cm³/mol.